The zero-order valence-corrected chi connectivity index (χ0v) is 20.3. The number of aryl methyl sites for hydroxylation is 1. The maximum atomic E-state index is 12.8. The largest absolute Gasteiger partial charge is 0.354 e. The maximum absolute atomic E-state index is 12.8. The molecule has 1 aliphatic heterocycles. The Bertz CT molecular complexity index is 1000. The fraction of sp³-hybridized carbons (Fsp3) is 0.458. The third-order valence-electron chi connectivity index (χ3n) is 5.90. The van der Waals surface area contributed by atoms with Crippen molar-refractivity contribution in [2.75, 3.05) is 33.7 Å². The Kier molecular flexibility index (Phi) is 8.71. The molecule has 0 aliphatic carbocycles. The molecule has 1 atom stereocenters. The highest BCUT2D eigenvalue weighted by Crippen LogP contribution is 2.25. The van der Waals surface area contributed by atoms with E-state index in [0.29, 0.717) is 42.4 Å². The highest BCUT2D eigenvalue weighted by atomic mass is 35.5. The highest BCUT2D eigenvalue weighted by molar-refractivity contribution is 7.89. The number of rotatable bonds is 9. The number of hydrogen-bond donors (Lipinski definition) is 1. The minimum absolute atomic E-state index is 0.0214. The van der Waals surface area contributed by atoms with Gasteiger partial charge in [0.25, 0.3) is 0 Å². The average molecular weight is 478 g/mol. The molecule has 0 radical (unpaired) electrons. The van der Waals surface area contributed by atoms with E-state index in [-0.39, 0.29) is 11.9 Å². The Labute approximate surface area is 196 Å². The summed E-state index contributed by atoms with van der Waals surface area (Å²) in [6, 6.07) is 14.5. The van der Waals surface area contributed by atoms with Gasteiger partial charge in [-0.1, -0.05) is 48.4 Å². The van der Waals surface area contributed by atoms with Crippen molar-refractivity contribution in [2.24, 2.45) is 0 Å². The van der Waals surface area contributed by atoms with Gasteiger partial charge in [0, 0.05) is 31.1 Å². The van der Waals surface area contributed by atoms with E-state index in [4.69, 9.17) is 11.6 Å². The lowest BCUT2D eigenvalue weighted by Crippen LogP contribution is -2.35. The van der Waals surface area contributed by atoms with Gasteiger partial charge in [0.1, 0.15) is 0 Å². The second-order valence-electron chi connectivity index (χ2n) is 8.41. The third-order valence-corrected chi connectivity index (χ3v) is 8.15. The molecule has 32 heavy (non-hydrogen) atoms. The van der Waals surface area contributed by atoms with Crippen molar-refractivity contribution in [3.05, 3.63) is 64.7 Å². The molecule has 0 spiro atoms. The summed E-state index contributed by atoms with van der Waals surface area (Å²) in [6.45, 7) is 1.64. The van der Waals surface area contributed by atoms with E-state index in [0.717, 1.165) is 30.4 Å². The third kappa shape index (κ3) is 6.32. The summed E-state index contributed by atoms with van der Waals surface area (Å²) >= 11 is 6.33. The van der Waals surface area contributed by atoms with Gasteiger partial charge in [0.05, 0.1) is 10.9 Å². The van der Waals surface area contributed by atoms with Crippen molar-refractivity contribution < 1.29 is 13.2 Å². The first-order chi connectivity index (χ1) is 15.3. The Hall–Kier alpha value is -1.93. The lowest BCUT2D eigenvalue weighted by Gasteiger charge is -2.26. The molecule has 8 heteroatoms. The van der Waals surface area contributed by atoms with Crippen LogP contribution in [0.4, 0.5) is 0 Å². The summed E-state index contributed by atoms with van der Waals surface area (Å²) in [5, 5.41) is 3.68. The SMILES string of the molecule is CN(C)C(CNC(=O)CCc1ccc(S(=O)(=O)N2CCCCC2)cc1)c1ccccc1Cl. The molecule has 1 aliphatic rings. The van der Waals surface area contributed by atoms with Gasteiger partial charge in [-0.3, -0.25) is 4.79 Å². The first kappa shape index (κ1) is 24.7. The van der Waals surface area contributed by atoms with Crippen LogP contribution in [0.5, 0.6) is 0 Å². The number of amides is 1. The van der Waals surface area contributed by atoms with Crippen LogP contribution in [0.3, 0.4) is 0 Å². The van der Waals surface area contributed by atoms with E-state index in [1.54, 1.807) is 28.6 Å². The van der Waals surface area contributed by atoms with Gasteiger partial charge in [-0.05, 0) is 62.7 Å². The summed E-state index contributed by atoms with van der Waals surface area (Å²) < 4.78 is 27.1. The fourth-order valence-corrected chi connectivity index (χ4v) is 5.73. The van der Waals surface area contributed by atoms with Crippen LogP contribution in [0.1, 0.15) is 42.9 Å². The lowest BCUT2D eigenvalue weighted by atomic mass is 10.1. The topological polar surface area (TPSA) is 69.7 Å². The molecule has 6 nitrogen and oxygen atoms in total. The molecule has 1 N–H and O–H groups in total. The van der Waals surface area contributed by atoms with Crippen LogP contribution >= 0.6 is 11.6 Å². The van der Waals surface area contributed by atoms with E-state index >= 15 is 0 Å². The molecule has 3 rings (SSSR count). The summed E-state index contributed by atoms with van der Waals surface area (Å²) in [5.41, 5.74) is 1.91. The number of sulfonamides is 1. The monoisotopic (exact) mass is 477 g/mol. The van der Waals surface area contributed by atoms with E-state index in [9.17, 15) is 13.2 Å². The number of hydrogen-bond acceptors (Lipinski definition) is 4. The van der Waals surface area contributed by atoms with Crippen molar-refractivity contribution in [3.8, 4) is 0 Å². The number of benzene rings is 2. The van der Waals surface area contributed by atoms with Crippen molar-refractivity contribution >= 4 is 27.5 Å². The molecule has 2 aromatic carbocycles. The van der Waals surface area contributed by atoms with Crippen LogP contribution in [0.15, 0.2) is 53.4 Å². The molecule has 0 saturated carbocycles. The summed E-state index contributed by atoms with van der Waals surface area (Å²) in [7, 11) is 0.488. The van der Waals surface area contributed by atoms with Gasteiger partial charge in [-0.2, -0.15) is 4.31 Å². The number of carbonyl (C=O) groups is 1. The minimum atomic E-state index is -3.43. The smallest absolute Gasteiger partial charge is 0.243 e. The molecule has 174 valence electrons. The van der Waals surface area contributed by atoms with Gasteiger partial charge < -0.3 is 10.2 Å². The van der Waals surface area contributed by atoms with Crippen molar-refractivity contribution in [1.29, 1.82) is 0 Å². The zero-order valence-electron chi connectivity index (χ0n) is 18.8. The Morgan fingerprint density at radius 1 is 1.06 bits per heavy atom. The lowest BCUT2D eigenvalue weighted by molar-refractivity contribution is -0.121. The quantitative estimate of drug-likeness (QED) is 0.595. The number of piperidine rings is 1. The van der Waals surface area contributed by atoms with Gasteiger partial charge >= 0.3 is 0 Å². The van der Waals surface area contributed by atoms with Crippen LogP contribution in [0.25, 0.3) is 0 Å². The van der Waals surface area contributed by atoms with Crippen LogP contribution in [0, 0.1) is 0 Å². The van der Waals surface area contributed by atoms with E-state index in [1.165, 1.54) is 0 Å². The van der Waals surface area contributed by atoms with Gasteiger partial charge in [0.2, 0.25) is 15.9 Å². The standard InChI is InChI=1S/C24H32ClN3O3S/c1-27(2)23(21-8-4-5-9-22(21)25)18-26-24(29)15-12-19-10-13-20(14-11-19)32(30,31)28-16-6-3-7-17-28/h4-5,8-11,13-14,23H,3,6-7,12,15-18H2,1-2H3,(H,26,29). The number of carbonyl (C=O) groups excluding carboxylic acids is 1. The molecule has 0 aromatic heterocycles. The summed E-state index contributed by atoms with van der Waals surface area (Å²) in [5.74, 6) is -0.0473. The molecule has 0 bridgehead atoms. The molecule has 1 fully saturated rings. The zero-order chi connectivity index (χ0) is 23.1. The first-order valence-corrected chi connectivity index (χ1v) is 12.9. The van der Waals surface area contributed by atoms with Crippen LogP contribution in [-0.2, 0) is 21.2 Å². The summed E-state index contributed by atoms with van der Waals surface area (Å²) in [4.78, 5) is 14.8. The van der Waals surface area contributed by atoms with Crippen LogP contribution < -0.4 is 5.32 Å². The molecule has 1 amide bonds. The fourth-order valence-electron chi connectivity index (χ4n) is 3.96. The number of likely N-dealkylation sites (N-methyl/N-ethyl adjacent to an activating group) is 1. The second-order valence-corrected chi connectivity index (χ2v) is 10.8. The first-order valence-electron chi connectivity index (χ1n) is 11.1. The number of nitrogens with zero attached hydrogens (tertiary/aromatic N) is 2. The van der Waals surface area contributed by atoms with Gasteiger partial charge in [0.15, 0.2) is 0 Å². The van der Waals surface area contributed by atoms with Gasteiger partial charge in [-0.25, -0.2) is 8.42 Å². The Morgan fingerprint density at radius 2 is 1.72 bits per heavy atom. The number of nitrogens with one attached hydrogen (secondary N) is 1. The maximum Gasteiger partial charge on any atom is 0.243 e. The normalized spacial score (nSPS) is 16.1. The average Bonchev–Trinajstić information content (AvgIpc) is 2.79. The van der Waals surface area contributed by atoms with Crippen LogP contribution in [-0.4, -0.2) is 57.3 Å². The van der Waals surface area contributed by atoms with E-state index < -0.39 is 10.0 Å². The van der Waals surface area contributed by atoms with Gasteiger partial charge in [-0.15, -0.1) is 0 Å². The van der Waals surface area contributed by atoms with Crippen molar-refractivity contribution in [3.63, 3.8) is 0 Å². The highest BCUT2D eigenvalue weighted by Gasteiger charge is 2.25. The van der Waals surface area contributed by atoms with E-state index in [2.05, 4.69) is 5.32 Å². The molecular weight excluding hydrogens is 446 g/mol. The Balaban J connectivity index is 1.53. The molecule has 1 unspecified atom stereocenters. The van der Waals surface area contributed by atoms with E-state index in [1.807, 2.05) is 43.3 Å². The predicted octanol–water partition coefficient (Wildman–Crippen LogP) is 3.87. The summed E-state index contributed by atoms with van der Waals surface area (Å²) in [6.07, 6.45) is 3.80. The number of halogens is 1. The predicted molar refractivity (Wildman–Crippen MR) is 128 cm³/mol. The molecular formula is C24H32ClN3O3S. The second kappa shape index (κ2) is 11.3. The molecule has 1 heterocycles. The Morgan fingerprint density at radius 3 is 2.34 bits per heavy atom. The van der Waals surface area contributed by atoms with Crippen molar-refractivity contribution in [1.82, 2.24) is 14.5 Å². The minimum Gasteiger partial charge on any atom is -0.354 e. The van der Waals surface area contributed by atoms with Crippen molar-refractivity contribution in [2.45, 2.75) is 43.0 Å². The van der Waals surface area contributed by atoms with Crippen LogP contribution in [0.2, 0.25) is 5.02 Å². The molecule has 1 saturated heterocycles. The molecule has 2 aromatic rings.